The van der Waals surface area contributed by atoms with Gasteiger partial charge in [0.1, 0.15) is 36.0 Å². The highest BCUT2D eigenvalue weighted by Gasteiger charge is 2.20. The number of pyridine rings is 1. The molecule has 1 aromatic carbocycles. The summed E-state index contributed by atoms with van der Waals surface area (Å²) in [6, 6.07) is 10.6. The number of methoxy groups -OCH3 is 1. The van der Waals surface area contributed by atoms with E-state index in [0.29, 0.717) is 47.3 Å². The number of carbonyl (C=O) groups is 3. The van der Waals surface area contributed by atoms with Crippen LogP contribution in [0.5, 0.6) is 11.5 Å². The minimum absolute atomic E-state index is 0.00897. The number of fused-ring (bicyclic) bond motifs is 1. The first kappa shape index (κ1) is 39.8. The van der Waals surface area contributed by atoms with Crippen molar-refractivity contribution in [2.75, 3.05) is 41.4 Å². The summed E-state index contributed by atoms with van der Waals surface area (Å²) in [4.78, 5) is 44.9. The van der Waals surface area contributed by atoms with Crippen LogP contribution in [0.3, 0.4) is 0 Å². The normalized spacial score (nSPS) is 10.5. The number of oxazole rings is 1. The fraction of sp³-hybridized carbons (Fsp3) is 0.412. The fourth-order valence-electron chi connectivity index (χ4n) is 3.63. The number of aromatic nitrogens is 2. The van der Waals surface area contributed by atoms with Gasteiger partial charge in [-0.05, 0) is 44.3 Å². The molecule has 2 amide bonds. The number of amides is 2. The van der Waals surface area contributed by atoms with Crippen LogP contribution in [0, 0.1) is 11.3 Å². The van der Waals surface area contributed by atoms with Crippen molar-refractivity contribution in [1.82, 2.24) is 25.1 Å². The Labute approximate surface area is 276 Å². The van der Waals surface area contributed by atoms with E-state index in [1.807, 2.05) is 38.8 Å². The summed E-state index contributed by atoms with van der Waals surface area (Å²) >= 11 is 0. The van der Waals surface area contributed by atoms with Gasteiger partial charge in [0.25, 0.3) is 0 Å². The molecule has 0 aliphatic rings. The van der Waals surface area contributed by atoms with Crippen molar-refractivity contribution in [3.8, 4) is 29.0 Å². The molecule has 1 N–H and O–H groups in total. The van der Waals surface area contributed by atoms with Gasteiger partial charge in [0.2, 0.25) is 24.0 Å². The molecule has 0 saturated carbocycles. The van der Waals surface area contributed by atoms with Crippen molar-refractivity contribution in [3.05, 3.63) is 59.9 Å². The highest BCUT2D eigenvalue weighted by atomic mass is 16.5. The number of hydrogen-bond donors (Lipinski definition) is 1. The lowest BCUT2D eigenvalue weighted by Crippen LogP contribution is -2.41. The summed E-state index contributed by atoms with van der Waals surface area (Å²) in [5.41, 5.74) is 1.95. The summed E-state index contributed by atoms with van der Waals surface area (Å²) in [6.45, 7) is 11.1. The molecule has 3 heterocycles. The number of hydrogen-bond acceptors (Lipinski definition) is 11. The van der Waals surface area contributed by atoms with Crippen LogP contribution in [0.1, 0.15) is 63.0 Å². The van der Waals surface area contributed by atoms with E-state index in [-0.39, 0.29) is 42.4 Å². The second kappa shape index (κ2) is 21.5. The van der Waals surface area contributed by atoms with Gasteiger partial charge in [-0.1, -0.05) is 34.1 Å². The van der Waals surface area contributed by atoms with Crippen LogP contribution < -0.4 is 14.8 Å². The highest BCUT2D eigenvalue weighted by molar-refractivity contribution is 5.94. The zero-order valence-corrected chi connectivity index (χ0v) is 28.7. The first-order valence-electron chi connectivity index (χ1n) is 15.2. The Hall–Kier alpha value is -5.22. The summed E-state index contributed by atoms with van der Waals surface area (Å²) < 4.78 is 21.8. The number of rotatable bonds is 12. The fourth-order valence-corrected chi connectivity index (χ4v) is 3.63. The van der Waals surface area contributed by atoms with Crippen molar-refractivity contribution >= 4 is 29.6 Å². The van der Waals surface area contributed by atoms with Crippen LogP contribution in [0.4, 0.5) is 0 Å². The molecular formula is C34H46N6O7. The highest BCUT2D eigenvalue weighted by Crippen LogP contribution is 2.35. The quantitative estimate of drug-likeness (QED) is 0.197. The molecule has 0 saturated heterocycles. The van der Waals surface area contributed by atoms with E-state index in [1.165, 1.54) is 17.6 Å². The molecule has 1 unspecified atom stereocenters. The lowest BCUT2D eigenvalue weighted by atomic mass is 10.1. The van der Waals surface area contributed by atoms with Crippen LogP contribution in [-0.4, -0.2) is 85.8 Å². The molecule has 0 radical (unpaired) electrons. The van der Waals surface area contributed by atoms with Gasteiger partial charge in [0, 0.05) is 31.9 Å². The predicted octanol–water partition coefficient (Wildman–Crippen LogP) is 5.34. The van der Waals surface area contributed by atoms with Crippen LogP contribution >= 0.6 is 0 Å². The van der Waals surface area contributed by atoms with Crippen LogP contribution in [0.15, 0.2) is 51.6 Å². The first-order chi connectivity index (χ1) is 22.6. The lowest BCUT2D eigenvalue weighted by molar-refractivity contribution is -0.130. The number of carbonyl (C=O) groups excluding carboxylic acids is 3. The zero-order chi connectivity index (χ0) is 35.4. The second-order valence-corrected chi connectivity index (χ2v) is 10.00. The van der Waals surface area contributed by atoms with Crippen molar-refractivity contribution < 1.29 is 32.7 Å². The van der Waals surface area contributed by atoms with E-state index < -0.39 is 0 Å². The summed E-state index contributed by atoms with van der Waals surface area (Å²) in [5, 5.41) is 12.0. The number of ether oxygens (including phenoxy) is 2. The maximum Gasteiger partial charge on any atom is 0.236 e. The second-order valence-electron chi connectivity index (χ2n) is 10.00. The van der Waals surface area contributed by atoms with E-state index in [0.717, 1.165) is 5.69 Å². The average molecular weight is 651 g/mol. The van der Waals surface area contributed by atoms with Crippen LogP contribution in [0.2, 0.25) is 0 Å². The third-order valence-corrected chi connectivity index (χ3v) is 6.17. The third-order valence-electron chi connectivity index (χ3n) is 6.17. The molecule has 0 aliphatic heterocycles. The Morgan fingerprint density at radius 3 is 2.45 bits per heavy atom. The number of furan rings is 1. The van der Waals surface area contributed by atoms with Crippen LogP contribution in [-0.2, 0) is 16.1 Å². The maximum atomic E-state index is 11.9. The molecule has 3 aromatic heterocycles. The lowest BCUT2D eigenvalue weighted by Gasteiger charge is -2.25. The van der Waals surface area contributed by atoms with Gasteiger partial charge in [-0.15, -0.1) is 0 Å². The SMILES string of the molecule is CC.CC(COc1c(C=O)oc2cc(-c3nc(C#N)co3)ccc12)N(C)CC(=O)N(C)C.CCC.COc1cccnc1CNC=O. The largest absolute Gasteiger partial charge is 0.495 e. The standard InChI is InChI=1S/C21H22N4O5.C8H10N2O2.C3H8.C2H6/c1-13(25(4)9-19(27)24(2)3)11-28-20-16-6-5-14(7-17(16)30-18(20)10-26)21-23-15(8-22)12-29-21;1-12-8-3-2-4-10-7(8)5-9-6-11;1-3-2;1-2/h5-7,10,12-13H,9,11H2,1-4H3;2-4,6H,5H2,1H3,(H,9,11);3H2,1-2H3;1-2H3. The number of likely N-dealkylation sites (N-methyl/N-ethyl adjacent to an activating group) is 2. The topological polar surface area (TPSA) is 164 Å². The molecule has 0 fully saturated rings. The minimum atomic E-state index is -0.0747. The Morgan fingerprint density at radius 2 is 1.87 bits per heavy atom. The van der Waals surface area contributed by atoms with Gasteiger partial charge in [-0.3, -0.25) is 24.3 Å². The van der Waals surface area contributed by atoms with Crippen molar-refractivity contribution in [3.63, 3.8) is 0 Å². The van der Waals surface area contributed by atoms with Crippen molar-refractivity contribution in [2.45, 2.75) is 53.6 Å². The molecule has 0 spiro atoms. The molecule has 0 aliphatic carbocycles. The first-order valence-corrected chi connectivity index (χ1v) is 15.2. The summed E-state index contributed by atoms with van der Waals surface area (Å²) in [5.74, 6) is 1.38. The van der Waals surface area contributed by atoms with Gasteiger partial charge in [0.05, 0.1) is 25.6 Å². The number of nitrogens with one attached hydrogen (secondary N) is 1. The number of aldehydes is 1. The molecule has 1 atom stereocenters. The minimum Gasteiger partial charge on any atom is -0.495 e. The molecule has 4 rings (SSSR count). The van der Waals surface area contributed by atoms with Gasteiger partial charge in [-0.25, -0.2) is 0 Å². The molecular weight excluding hydrogens is 604 g/mol. The Balaban J connectivity index is 0.000000539. The predicted molar refractivity (Wildman–Crippen MR) is 179 cm³/mol. The van der Waals surface area contributed by atoms with Gasteiger partial charge in [-0.2, -0.15) is 10.2 Å². The smallest absolute Gasteiger partial charge is 0.236 e. The molecule has 0 bridgehead atoms. The molecule has 13 heteroatoms. The van der Waals surface area contributed by atoms with Gasteiger partial charge in [0.15, 0.2) is 17.7 Å². The Morgan fingerprint density at radius 1 is 1.17 bits per heavy atom. The van der Waals surface area contributed by atoms with E-state index >= 15 is 0 Å². The summed E-state index contributed by atoms with van der Waals surface area (Å²) in [6.07, 6.45) is 5.41. The van der Waals surface area contributed by atoms with E-state index in [9.17, 15) is 14.4 Å². The Kier molecular flexibility index (Phi) is 18.2. The average Bonchev–Trinajstić information content (AvgIpc) is 3.72. The Bertz CT molecular complexity index is 1570. The zero-order valence-electron chi connectivity index (χ0n) is 28.7. The van der Waals surface area contributed by atoms with E-state index in [1.54, 1.807) is 57.7 Å². The number of nitrogens with zero attached hydrogens (tertiary/aromatic N) is 5. The van der Waals surface area contributed by atoms with Crippen molar-refractivity contribution in [2.24, 2.45) is 0 Å². The van der Waals surface area contributed by atoms with Crippen LogP contribution in [0.25, 0.3) is 22.4 Å². The van der Waals surface area contributed by atoms with Gasteiger partial charge < -0.3 is 28.5 Å². The van der Waals surface area contributed by atoms with Gasteiger partial charge >= 0.3 is 0 Å². The molecule has 13 nitrogen and oxygen atoms in total. The molecule has 47 heavy (non-hydrogen) atoms. The maximum absolute atomic E-state index is 11.9. The van der Waals surface area contributed by atoms with E-state index in [4.69, 9.17) is 23.6 Å². The number of benzene rings is 1. The monoisotopic (exact) mass is 650 g/mol. The molecule has 254 valence electrons. The summed E-state index contributed by atoms with van der Waals surface area (Å²) in [7, 11) is 6.82. The third kappa shape index (κ3) is 12.2. The molecule has 4 aromatic rings. The number of nitriles is 1. The van der Waals surface area contributed by atoms with Crippen molar-refractivity contribution in [1.29, 1.82) is 5.26 Å². The van der Waals surface area contributed by atoms with E-state index in [2.05, 4.69) is 29.1 Å².